The second-order valence-corrected chi connectivity index (χ2v) is 3.79. The first-order chi connectivity index (χ1) is 6.18. The van der Waals surface area contributed by atoms with E-state index in [1.54, 1.807) is 6.92 Å². The molecule has 0 aliphatic carbocycles. The summed E-state index contributed by atoms with van der Waals surface area (Å²) in [6.07, 6.45) is -0.570. The van der Waals surface area contributed by atoms with Gasteiger partial charge in [0.15, 0.2) is 0 Å². The lowest BCUT2D eigenvalue weighted by Crippen LogP contribution is -1.91. The Kier molecular flexibility index (Phi) is 4.17. The first-order valence-electron chi connectivity index (χ1n) is 3.79. The molecule has 0 saturated carbocycles. The van der Waals surface area contributed by atoms with Gasteiger partial charge < -0.3 is 5.11 Å². The van der Waals surface area contributed by atoms with Gasteiger partial charge >= 0.3 is 0 Å². The Balaban J connectivity index is 2.57. The van der Waals surface area contributed by atoms with E-state index < -0.39 is 6.10 Å². The highest BCUT2D eigenvalue weighted by Crippen LogP contribution is 2.18. The van der Waals surface area contributed by atoms with Crippen molar-refractivity contribution in [1.82, 2.24) is 0 Å². The van der Waals surface area contributed by atoms with Crippen LogP contribution in [0.1, 0.15) is 6.92 Å². The summed E-state index contributed by atoms with van der Waals surface area (Å²) >= 11 is 7.09. The van der Waals surface area contributed by atoms with Crippen molar-refractivity contribution in [3.8, 4) is 11.2 Å². The Morgan fingerprint density at radius 2 is 2.00 bits per heavy atom. The van der Waals surface area contributed by atoms with Gasteiger partial charge in [0.1, 0.15) is 6.10 Å². The van der Waals surface area contributed by atoms with E-state index in [2.05, 4.69) is 11.2 Å². The summed E-state index contributed by atoms with van der Waals surface area (Å²) in [4.78, 5) is 1.03. The smallest absolute Gasteiger partial charge is 0.112 e. The third-order valence-electron chi connectivity index (χ3n) is 1.25. The predicted octanol–water partition coefficient (Wildman–Crippen LogP) is 2.77. The summed E-state index contributed by atoms with van der Waals surface area (Å²) in [5.41, 5.74) is 0. The number of hydrogen-bond acceptors (Lipinski definition) is 2. The summed E-state index contributed by atoms with van der Waals surface area (Å²) in [6, 6.07) is 7.41. The number of aliphatic hydroxyl groups excluding tert-OH is 1. The van der Waals surface area contributed by atoms with E-state index in [1.165, 1.54) is 11.8 Å². The van der Waals surface area contributed by atoms with E-state index in [9.17, 15) is 0 Å². The third kappa shape index (κ3) is 4.23. The van der Waals surface area contributed by atoms with Crippen molar-refractivity contribution in [1.29, 1.82) is 0 Å². The number of halogens is 1. The molecule has 13 heavy (non-hydrogen) atoms. The quantitative estimate of drug-likeness (QED) is 0.571. The molecule has 0 aromatic heterocycles. The molecule has 0 spiro atoms. The van der Waals surface area contributed by atoms with Gasteiger partial charge in [-0.1, -0.05) is 17.5 Å². The summed E-state index contributed by atoms with van der Waals surface area (Å²) in [5.74, 6) is 2.64. The molecule has 1 atom stereocenters. The molecule has 0 bridgehead atoms. The van der Waals surface area contributed by atoms with Crippen molar-refractivity contribution < 1.29 is 5.11 Å². The van der Waals surface area contributed by atoms with E-state index in [4.69, 9.17) is 16.7 Å². The highest BCUT2D eigenvalue weighted by atomic mass is 35.5. The van der Waals surface area contributed by atoms with Crippen LogP contribution in [0.15, 0.2) is 29.2 Å². The standard InChI is InChI=1S/C10H9ClOS/c1-8(12)6-7-13-10-4-2-9(11)3-5-10/h2-5,8,12H,1H3/t8-/m1/s1. The molecule has 1 aromatic rings. The molecular weight excluding hydrogens is 204 g/mol. The number of thioether (sulfide) groups is 1. The zero-order valence-corrected chi connectivity index (χ0v) is 8.69. The van der Waals surface area contributed by atoms with Crippen LogP contribution in [0, 0.1) is 11.2 Å². The maximum Gasteiger partial charge on any atom is 0.112 e. The average Bonchev–Trinajstić information content (AvgIpc) is 2.08. The van der Waals surface area contributed by atoms with Crippen molar-refractivity contribution in [3.05, 3.63) is 29.3 Å². The largest absolute Gasteiger partial charge is 0.381 e. The van der Waals surface area contributed by atoms with Crippen LogP contribution in [0.4, 0.5) is 0 Å². The molecule has 0 unspecified atom stereocenters. The molecule has 0 aliphatic rings. The molecule has 0 amide bonds. The zero-order chi connectivity index (χ0) is 9.68. The molecule has 0 aliphatic heterocycles. The number of aliphatic hydroxyl groups is 1. The minimum absolute atomic E-state index is 0.570. The highest BCUT2D eigenvalue weighted by molar-refractivity contribution is 8.03. The molecule has 1 N–H and O–H groups in total. The van der Waals surface area contributed by atoms with E-state index >= 15 is 0 Å². The van der Waals surface area contributed by atoms with Crippen molar-refractivity contribution in [3.63, 3.8) is 0 Å². The van der Waals surface area contributed by atoms with Gasteiger partial charge in [0.05, 0.1) is 0 Å². The third-order valence-corrected chi connectivity index (χ3v) is 2.23. The zero-order valence-electron chi connectivity index (χ0n) is 7.12. The molecule has 1 aromatic carbocycles. The average molecular weight is 213 g/mol. The fourth-order valence-corrected chi connectivity index (χ4v) is 1.42. The van der Waals surface area contributed by atoms with Crippen LogP contribution < -0.4 is 0 Å². The van der Waals surface area contributed by atoms with Crippen molar-refractivity contribution >= 4 is 23.4 Å². The minimum atomic E-state index is -0.570. The van der Waals surface area contributed by atoms with Crippen molar-refractivity contribution in [2.24, 2.45) is 0 Å². The molecule has 68 valence electrons. The van der Waals surface area contributed by atoms with Crippen LogP contribution in [0.5, 0.6) is 0 Å². The van der Waals surface area contributed by atoms with E-state index in [0.29, 0.717) is 5.02 Å². The van der Waals surface area contributed by atoms with E-state index in [0.717, 1.165) is 4.90 Å². The second-order valence-electron chi connectivity index (χ2n) is 2.48. The topological polar surface area (TPSA) is 20.2 Å². The monoisotopic (exact) mass is 212 g/mol. The van der Waals surface area contributed by atoms with Crippen LogP contribution in [-0.2, 0) is 0 Å². The molecule has 0 saturated heterocycles. The second kappa shape index (κ2) is 5.18. The highest BCUT2D eigenvalue weighted by Gasteiger charge is 1.90. The van der Waals surface area contributed by atoms with Gasteiger partial charge in [0, 0.05) is 9.92 Å². The molecule has 0 fully saturated rings. The first-order valence-corrected chi connectivity index (χ1v) is 4.99. The van der Waals surface area contributed by atoms with Gasteiger partial charge in [-0.2, -0.15) is 0 Å². The molecular formula is C10H9ClOS. The molecule has 1 nitrogen and oxygen atoms in total. The van der Waals surface area contributed by atoms with Crippen molar-refractivity contribution in [2.75, 3.05) is 0 Å². The van der Waals surface area contributed by atoms with Crippen LogP contribution in [-0.4, -0.2) is 11.2 Å². The lowest BCUT2D eigenvalue weighted by atomic mass is 10.4. The fraction of sp³-hybridized carbons (Fsp3) is 0.200. The summed E-state index contributed by atoms with van der Waals surface area (Å²) < 4.78 is 0. The first kappa shape index (κ1) is 10.5. The lowest BCUT2D eigenvalue weighted by Gasteiger charge is -1.93. The molecule has 0 radical (unpaired) electrons. The van der Waals surface area contributed by atoms with Crippen LogP contribution in [0.2, 0.25) is 5.02 Å². The maximum atomic E-state index is 8.87. The van der Waals surface area contributed by atoms with Gasteiger partial charge in [-0.05, 0) is 48.2 Å². The van der Waals surface area contributed by atoms with Gasteiger partial charge in [0.2, 0.25) is 0 Å². The lowest BCUT2D eigenvalue weighted by molar-refractivity contribution is 0.253. The Morgan fingerprint density at radius 1 is 1.38 bits per heavy atom. The Bertz CT molecular complexity index is 321. The number of hydrogen-bond donors (Lipinski definition) is 1. The van der Waals surface area contributed by atoms with Gasteiger partial charge in [-0.3, -0.25) is 0 Å². The summed E-state index contributed by atoms with van der Waals surface area (Å²) in [6.45, 7) is 1.63. The fourth-order valence-electron chi connectivity index (χ4n) is 0.676. The number of rotatable bonds is 1. The Labute approximate surface area is 87.1 Å². The molecule has 1 rings (SSSR count). The SMILES string of the molecule is C[C@@H](O)C#CSc1ccc(Cl)cc1. The van der Waals surface area contributed by atoms with Crippen molar-refractivity contribution in [2.45, 2.75) is 17.9 Å². The normalized spacial score (nSPS) is 11.6. The Morgan fingerprint density at radius 3 is 2.54 bits per heavy atom. The van der Waals surface area contributed by atoms with Crippen LogP contribution in [0.3, 0.4) is 0 Å². The van der Waals surface area contributed by atoms with E-state index in [1.807, 2.05) is 24.3 Å². The summed E-state index contributed by atoms with van der Waals surface area (Å²) in [5, 5.41) is 12.4. The maximum absolute atomic E-state index is 8.87. The van der Waals surface area contributed by atoms with Gasteiger partial charge in [-0.15, -0.1) is 0 Å². The van der Waals surface area contributed by atoms with Crippen LogP contribution >= 0.6 is 23.4 Å². The number of benzene rings is 1. The van der Waals surface area contributed by atoms with Crippen LogP contribution in [0.25, 0.3) is 0 Å². The van der Waals surface area contributed by atoms with E-state index in [-0.39, 0.29) is 0 Å². The predicted molar refractivity (Wildman–Crippen MR) is 56.8 cm³/mol. The van der Waals surface area contributed by atoms with Gasteiger partial charge in [-0.25, -0.2) is 0 Å². The Hall–Kier alpha value is -0.620. The summed E-state index contributed by atoms with van der Waals surface area (Å²) in [7, 11) is 0. The van der Waals surface area contributed by atoms with Gasteiger partial charge in [0.25, 0.3) is 0 Å². The molecule has 3 heteroatoms. The minimum Gasteiger partial charge on any atom is -0.381 e. The molecule has 0 heterocycles.